The molecule has 0 fully saturated rings. The third-order valence-corrected chi connectivity index (χ3v) is 3.18. The van der Waals surface area contributed by atoms with Crippen LogP contribution in [-0.2, 0) is 17.8 Å². The van der Waals surface area contributed by atoms with Crippen molar-refractivity contribution in [3.63, 3.8) is 0 Å². The van der Waals surface area contributed by atoms with Crippen LogP contribution < -0.4 is 10.6 Å². The second-order valence-electron chi connectivity index (χ2n) is 4.67. The Balaban J connectivity index is 1.90. The maximum atomic E-state index is 12.0. The molecule has 2 N–H and O–H groups in total. The van der Waals surface area contributed by atoms with E-state index in [4.69, 9.17) is 4.42 Å². The fourth-order valence-corrected chi connectivity index (χ4v) is 2.01. The average molecular weight is 272 g/mol. The number of carbonyl (C=O) groups is 1. The minimum atomic E-state index is -0.294. The number of furan rings is 1. The van der Waals surface area contributed by atoms with Crippen molar-refractivity contribution in [3.8, 4) is 0 Å². The Morgan fingerprint density at radius 2 is 2.05 bits per heavy atom. The first-order valence-corrected chi connectivity index (χ1v) is 6.85. The monoisotopic (exact) mass is 272 g/mol. The van der Waals surface area contributed by atoms with Crippen molar-refractivity contribution in [3.05, 3.63) is 54.0 Å². The number of amides is 1. The lowest BCUT2D eigenvalue weighted by molar-refractivity contribution is -0.121. The minimum Gasteiger partial charge on any atom is -0.467 e. The standard InChI is InChI=1S/C16H20N2O2/c1-3-13-7-4-5-9-15(13)18-12(2)16(19)17-11-14-8-6-10-20-14/h4-10,12,18H,3,11H2,1-2H3,(H,17,19). The number of carbonyl (C=O) groups excluding carboxylic acids is 1. The summed E-state index contributed by atoms with van der Waals surface area (Å²) >= 11 is 0. The van der Waals surface area contributed by atoms with E-state index in [0.717, 1.165) is 17.9 Å². The average Bonchev–Trinajstić information content (AvgIpc) is 2.98. The Kier molecular flexibility index (Phi) is 4.82. The Morgan fingerprint density at radius 1 is 1.25 bits per heavy atom. The number of benzene rings is 1. The van der Waals surface area contributed by atoms with Crippen LogP contribution in [0.2, 0.25) is 0 Å². The summed E-state index contributed by atoms with van der Waals surface area (Å²) in [5.74, 6) is 0.701. The van der Waals surface area contributed by atoms with Gasteiger partial charge in [0.15, 0.2) is 0 Å². The lowest BCUT2D eigenvalue weighted by Crippen LogP contribution is -2.37. The molecule has 1 heterocycles. The summed E-state index contributed by atoms with van der Waals surface area (Å²) in [4.78, 5) is 12.0. The summed E-state index contributed by atoms with van der Waals surface area (Å²) in [5, 5.41) is 6.10. The van der Waals surface area contributed by atoms with Crippen molar-refractivity contribution in [2.24, 2.45) is 0 Å². The first-order valence-electron chi connectivity index (χ1n) is 6.85. The van der Waals surface area contributed by atoms with Gasteiger partial charge in [0.05, 0.1) is 12.8 Å². The number of aryl methyl sites for hydroxylation is 1. The molecule has 0 radical (unpaired) electrons. The first kappa shape index (κ1) is 14.2. The van der Waals surface area contributed by atoms with Crippen molar-refractivity contribution in [2.75, 3.05) is 5.32 Å². The quantitative estimate of drug-likeness (QED) is 0.850. The molecule has 0 aliphatic heterocycles. The van der Waals surface area contributed by atoms with Crippen molar-refractivity contribution in [1.82, 2.24) is 5.32 Å². The predicted molar refractivity (Wildman–Crippen MR) is 79.5 cm³/mol. The van der Waals surface area contributed by atoms with Gasteiger partial charge >= 0.3 is 0 Å². The molecule has 106 valence electrons. The number of para-hydroxylation sites is 1. The van der Waals surface area contributed by atoms with Crippen LogP contribution in [0.4, 0.5) is 5.69 Å². The second kappa shape index (κ2) is 6.80. The molecule has 1 atom stereocenters. The molecule has 4 nitrogen and oxygen atoms in total. The summed E-state index contributed by atoms with van der Waals surface area (Å²) in [5.41, 5.74) is 2.22. The van der Waals surface area contributed by atoms with Gasteiger partial charge < -0.3 is 15.1 Å². The van der Waals surface area contributed by atoms with E-state index in [0.29, 0.717) is 6.54 Å². The number of rotatable bonds is 6. The number of hydrogen-bond donors (Lipinski definition) is 2. The van der Waals surface area contributed by atoms with Crippen LogP contribution in [0.1, 0.15) is 25.2 Å². The summed E-state index contributed by atoms with van der Waals surface area (Å²) in [6, 6.07) is 11.4. The van der Waals surface area contributed by atoms with Crippen LogP contribution in [0.15, 0.2) is 47.1 Å². The Morgan fingerprint density at radius 3 is 2.75 bits per heavy atom. The molecule has 1 aromatic carbocycles. The van der Waals surface area contributed by atoms with Gasteiger partial charge in [0.2, 0.25) is 5.91 Å². The maximum Gasteiger partial charge on any atom is 0.242 e. The molecule has 0 saturated carbocycles. The fraction of sp³-hybridized carbons (Fsp3) is 0.312. The van der Waals surface area contributed by atoms with E-state index < -0.39 is 0 Å². The van der Waals surface area contributed by atoms with E-state index in [1.54, 1.807) is 12.3 Å². The minimum absolute atomic E-state index is 0.0488. The van der Waals surface area contributed by atoms with Gasteiger partial charge in [0, 0.05) is 5.69 Å². The molecule has 0 saturated heterocycles. The topological polar surface area (TPSA) is 54.3 Å². The van der Waals surface area contributed by atoms with E-state index in [2.05, 4.69) is 23.6 Å². The number of hydrogen-bond acceptors (Lipinski definition) is 3. The van der Waals surface area contributed by atoms with Crippen LogP contribution in [0.3, 0.4) is 0 Å². The highest BCUT2D eigenvalue weighted by Gasteiger charge is 2.13. The molecule has 1 aromatic heterocycles. The molecule has 2 rings (SSSR count). The summed E-state index contributed by atoms with van der Waals surface area (Å²) in [6.45, 7) is 4.36. The molecule has 1 amide bonds. The Hall–Kier alpha value is -2.23. The zero-order valence-corrected chi connectivity index (χ0v) is 11.8. The highest BCUT2D eigenvalue weighted by Crippen LogP contribution is 2.16. The van der Waals surface area contributed by atoms with Crippen LogP contribution in [0.5, 0.6) is 0 Å². The molecule has 1 unspecified atom stereocenters. The normalized spacial score (nSPS) is 11.9. The molecule has 20 heavy (non-hydrogen) atoms. The van der Waals surface area contributed by atoms with Gasteiger partial charge in [-0.2, -0.15) is 0 Å². The molecular weight excluding hydrogens is 252 g/mol. The maximum absolute atomic E-state index is 12.0. The van der Waals surface area contributed by atoms with Crippen LogP contribution in [0.25, 0.3) is 0 Å². The molecule has 0 bridgehead atoms. The van der Waals surface area contributed by atoms with Crippen LogP contribution in [0, 0.1) is 0 Å². The van der Waals surface area contributed by atoms with Gasteiger partial charge in [0.1, 0.15) is 11.8 Å². The smallest absolute Gasteiger partial charge is 0.242 e. The highest BCUT2D eigenvalue weighted by molar-refractivity contribution is 5.84. The molecule has 4 heteroatoms. The lowest BCUT2D eigenvalue weighted by Gasteiger charge is -2.17. The SMILES string of the molecule is CCc1ccccc1NC(C)C(=O)NCc1ccco1. The fourth-order valence-electron chi connectivity index (χ4n) is 2.01. The van der Waals surface area contributed by atoms with Gasteiger partial charge in [0.25, 0.3) is 0 Å². The molecule has 0 aliphatic carbocycles. The summed E-state index contributed by atoms with van der Waals surface area (Å²) in [7, 11) is 0. The Bertz CT molecular complexity index is 549. The zero-order chi connectivity index (χ0) is 14.4. The van der Waals surface area contributed by atoms with Gasteiger partial charge in [-0.05, 0) is 37.1 Å². The molecule has 2 aromatic rings. The van der Waals surface area contributed by atoms with E-state index >= 15 is 0 Å². The van der Waals surface area contributed by atoms with Gasteiger partial charge in [-0.3, -0.25) is 4.79 Å². The van der Waals surface area contributed by atoms with E-state index in [1.807, 2.05) is 31.2 Å². The van der Waals surface area contributed by atoms with Gasteiger partial charge in [-0.25, -0.2) is 0 Å². The zero-order valence-electron chi connectivity index (χ0n) is 11.8. The number of anilines is 1. The Labute approximate surface area is 119 Å². The van der Waals surface area contributed by atoms with Crippen LogP contribution >= 0.6 is 0 Å². The van der Waals surface area contributed by atoms with E-state index in [1.165, 1.54) is 5.56 Å². The third kappa shape index (κ3) is 3.63. The van der Waals surface area contributed by atoms with Gasteiger partial charge in [-0.15, -0.1) is 0 Å². The summed E-state index contributed by atoms with van der Waals surface area (Å²) < 4.78 is 5.18. The van der Waals surface area contributed by atoms with Crippen molar-refractivity contribution < 1.29 is 9.21 Å². The number of nitrogens with one attached hydrogen (secondary N) is 2. The van der Waals surface area contributed by atoms with E-state index in [9.17, 15) is 4.79 Å². The summed E-state index contributed by atoms with van der Waals surface area (Å²) in [6.07, 6.45) is 2.53. The molecule has 0 spiro atoms. The first-order chi connectivity index (χ1) is 9.70. The van der Waals surface area contributed by atoms with E-state index in [-0.39, 0.29) is 11.9 Å². The predicted octanol–water partition coefficient (Wildman–Crippen LogP) is 2.96. The van der Waals surface area contributed by atoms with Crippen molar-refractivity contribution >= 4 is 11.6 Å². The second-order valence-corrected chi connectivity index (χ2v) is 4.67. The largest absolute Gasteiger partial charge is 0.467 e. The molecular formula is C16H20N2O2. The van der Waals surface area contributed by atoms with Crippen molar-refractivity contribution in [1.29, 1.82) is 0 Å². The third-order valence-electron chi connectivity index (χ3n) is 3.18. The molecule has 0 aliphatic rings. The van der Waals surface area contributed by atoms with Crippen molar-refractivity contribution in [2.45, 2.75) is 32.9 Å². The van der Waals surface area contributed by atoms with Crippen LogP contribution in [-0.4, -0.2) is 11.9 Å². The van der Waals surface area contributed by atoms with Gasteiger partial charge in [-0.1, -0.05) is 25.1 Å². The highest BCUT2D eigenvalue weighted by atomic mass is 16.3. The lowest BCUT2D eigenvalue weighted by atomic mass is 10.1.